The van der Waals surface area contributed by atoms with Crippen LogP contribution in [0, 0.1) is 6.92 Å². The molecule has 0 aliphatic heterocycles. The minimum absolute atomic E-state index is 0.0592. The maximum absolute atomic E-state index is 12.1. The minimum atomic E-state index is -0.251. The number of furan rings is 1. The molecule has 1 atom stereocenters. The van der Waals surface area contributed by atoms with Crippen LogP contribution in [0.1, 0.15) is 27.7 Å². The van der Waals surface area contributed by atoms with Gasteiger partial charge in [0.2, 0.25) is 5.91 Å². The fourth-order valence-electron chi connectivity index (χ4n) is 2.37. The number of rotatable bonds is 7. The first kappa shape index (κ1) is 17.7. The summed E-state index contributed by atoms with van der Waals surface area (Å²) in [6, 6.07) is 10.9. The van der Waals surface area contributed by atoms with E-state index in [-0.39, 0.29) is 24.4 Å². The summed E-state index contributed by atoms with van der Waals surface area (Å²) >= 11 is 0. The Bertz CT molecular complexity index is 681. The number of amides is 2. The average Bonchev–Trinajstić information content (AvgIpc) is 3.07. The van der Waals surface area contributed by atoms with Crippen LogP contribution in [0.4, 0.5) is 0 Å². The Labute approximate surface area is 141 Å². The Morgan fingerprint density at radius 3 is 2.50 bits per heavy atom. The molecule has 1 aromatic heterocycles. The highest BCUT2D eigenvalue weighted by atomic mass is 16.3. The molecule has 6 nitrogen and oxygen atoms in total. The summed E-state index contributed by atoms with van der Waals surface area (Å²) in [7, 11) is 3.83. The molecule has 0 saturated carbocycles. The van der Waals surface area contributed by atoms with Crippen molar-refractivity contribution in [3.8, 4) is 0 Å². The first-order valence-electron chi connectivity index (χ1n) is 7.79. The summed E-state index contributed by atoms with van der Waals surface area (Å²) < 4.78 is 5.40. The molecule has 1 aromatic carbocycles. The van der Waals surface area contributed by atoms with E-state index in [0.717, 1.165) is 11.3 Å². The van der Waals surface area contributed by atoms with Crippen molar-refractivity contribution in [1.29, 1.82) is 0 Å². The molecule has 1 unspecified atom stereocenters. The zero-order valence-electron chi connectivity index (χ0n) is 14.2. The van der Waals surface area contributed by atoms with Crippen molar-refractivity contribution in [3.05, 3.63) is 59.5 Å². The topological polar surface area (TPSA) is 74.6 Å². The van der Waals surface area contributed by atoms with Crippen molar-refractivity contribution in [2.45, 2.75) is 13.0 Å². The summed E-state index contributed by atoms with van der Waals surface area (Å²) in [4.78, 5) is 26.0. The number of likely N-dealkylation sites (N-methyl/N-ethyl adjacent to an activating group) is 1. The third kappa shape index (κ3) is 4.70. The summed E-state index contributed by atoms with van der Waals surface area (Å²) in [5.74, 6) is 0.290. The molecular formula is C18H23N3O3. The summed E-state index contributed by atoms with van der Waals surface area (Å²) in [6.07, 6.45) is 1.61. The lowest BCUT2D eigenvalue weighted by atomic mass is 10.1. The van der Waals surface area contributed by atoms with Gasteiger partial charge in [0.15, 0.2) is 0 Å². The zero-order chi connectivity index (χ0) is 17.5. The number of nitrogens with zero attached hydrogens (tertiary/aromatic N) is 1. The molecule has 0 radical (unpaired) electrons. The van der Waals surface area contributed by atoms with E-state index in [0.29, 0.717) is 12.1 Å². The molecule has 0 saturated heterocycles. The van der Waals surface area contributed by atoms with Gasteiger partial charge in [0.05, 0.1) is 18.8 Å². The molecular weight excluding hydrogens is 306 g/mol. The molecule has 2 N–H and O–H groups in total. The van der Waals surface area contributed by atoms with Crippen molar-refractivity contribution < 1.29 is 14.0 Å². The van der Waals surface area contributed by atoms with Gasteiger partial charge in [0, 0.05) is 12.1 Å². The van der Waals surface area contributed by atoms with E-state index in [1.807, 2.05) is 50.2 Å². The highest BCUT2D eigenvalue weighted by molar-refractivity contribution is 5.97. The molecule has 0 aliphatic carbocycles. The van der Waals surface area contributed by atoms with E-state index in [1.54, 1.807) is 18.4 Å². The standard InChI is InChI=1S/C18H23N3O3/c1-13-7-4-5-8-14(13)18(23)20-12-17(22)19-11-15(21(2)3)16-9-6-10-24-16/h4-10,15H,11-12H2,1-3H3,(H,19,22)(H,20,23). The molecule has 1 heterocycles. The molecule has 0 fully saturated rings. The molecule has 0 aliphatic rings. The molecule has 128 valence electrons. The van der Waals surface area contributed by atoms with Gasteiger partial charge in [-0.15, -0.1) is 0 Å². The van der Waals surface area contributed by atoms with Crippen LogP contribution in [0.2, 0.25) is 0 Å². The summed E-state index contributed by atoms with van der Waals surface area (Å²) in [6.45, 7) is 2.20. The van der Waals surface area contributed by atoms with E-state index >= 15 is 0 Å². The van der Waals surface area contributed by atoms with Crippen LogP contribution in [0.25, 0.3) is 0 Å². The van der Waals surface area contributed by atoms with Crippen LogP contribution in [-0.2, 0) is 4.79 Å². The minimum Gasteiger partial charge on any atom is -0.468 e. The summed E-state index contributed by atoms with van der Waals surface area (Å²) in [5.41, 5.74) is 1.45. The zero-order valence-corrected chi connectivity index (χ0v) is 14.2. The number of nitrogens with one attached hydrogen (secondary N) is 2. The van der Waals surface area contributed by atoms with Crippen LogP contribution in [0.15, 0.2) is 47.1 Å². The van der Waals surface area contributed by atoms with Crippen molar-refractivity contribution in [3.63, 3.8) is 0 Å². The van der Waals surface area contributed by atoms with E-state index in [2.05, 4.69) is 10.6 Å². The van der Waals surface area contributed by atoms with Gasteiger partial charge in [-0.1, -0.05) is 18.2 Å². The van der Waals surface area contributed by atoms with Crippen LogP contribution in [-0.4, -0.2) is 43.9 Å². The van der Waals surface area contributed by atoms with Crippen LogP contribution in [0.3, 0.4) is 0 Å². The molecule has 2 amide bonds. The van der Waals surface area contributed by atoms with Gasteiger partial charge >= 0.3 is 0 Å². The Kier molecular flexibility index (Phi) is 6.14. The van der Waals surface area contributed by atoms with Crippen molar-refractivity contribution >= 4 is 11.8 Å². The third-order valence-corrected chi connectivity index (χ3v) is 3.79. The van der Waals surface area contributed by atoms with Crippen LogP contribution < -0.4 is 10.6 Å². The number of aryl methyl sites for hydroxylation is 1. The van der Waals surface area contributed by atoms with Gasteiger partial charge in [0.25, 0.3) is 5.91 Å². The molecule has 0 spiro atoms. The van der Waals surface area contributed by atoms with E-state index in [4.69, 9.17) is 4.42 Å². The molecule has 2 rings (SSSR count). The number of hydrogen-bond acceptors (Lipinski definition) is 4. The SMILES string of the molecule is Cc1ccccc1C(=O)NCC(=O)NCC(c1ccco1)N(C)C. The van der Waals surface area contributed by atoms with E-state index < -0.39 is 0 Å². The monoisotopic (exact) mass is 329 g/mol. The van der Waals surface area contributed by atoms with E-state index in [1.165, 1.54) is 0 Å². The van der Waals surface area contributed by atoms with Crippen LogP contribution in [0.5, 0.6) is 0 Å². The van der Waals surface area contributed by atoms with Crippen molar-refractivity contribution in [2.24, 2.45) is 0 Å². The lowest BCUT2D eigenvalue weighted by molar-refractivity contribution is -0.120. The number of carbonyl (C=O) groups is 2. The Morgan fingerprint density at radius 2 is 1.88 bits per heavy atom. The van der Waals surface area contributed by atoms with Crippen molar-refractivity contribution in [2.75, 3.05) is 27.2 Å². The molecule has 24 heavy (non-hydrogen) atoms. The lowest BCUT2D eigenvalue weighted by Crippen LogP contribution is -2.40. The second kappa shape index (κ2) is 8.31. The van der Waals surface area contributed by atoms with Gasteiger partial charge < -0.3 is 15.1 Å². The average molecular weight is 329 g/mol. The maximum atomic E-state index is 12.1. The quantitative estimate of drug-likeness (QED) is 0.811. The molecule has 0 bridgehead atoms. The highest BCUT2D eigenvalue weighted by Crippen LogP contribution is 2.17. The van der Waals surface area contributed by atoms with Crippen molar-refractivity contribution in [1.82, 2.24) is 15.5 Å². The molecule has 2 aromatic rings. The van der Waals surface area contributed by atoms with E-state index in [9.17, 15) is 9.59 Å². The number of benzene rings is 1. The largest absolute Gasteiger partial charge is 0.468 e. The third-order valence-electron chi connectivity index (χ3n) is 3.79. The predicted octanol–water partition coefficient (Wildman–Crippen LogP) is 1.74. The predicted molar refractivity (Wildman–Crippen MR) is 91.7 cm³/mol. The molecule has 6 heteroatoms. The summed E-state index contributed by atoms with van der Waals surface area (Å²) in [5, 5.41) is 5.46. The lowest BCUT2D eigenvalue weighted by Gasteiger charge is -2.22. The Hall–Kier alpha value is -2.60. The first-order chi connectivity index (χ1) is 11.5. The second-order valence-corrected chi connectivity index (χ2v) is 5.80. The highest BCUT2D eigenvalue weighted by Gasteiger charge is 2.18. The normalized spacial score (nSPS) is 12.0. The van der Waals surface area contributed by atoms with Gasteiger partial charge in [0.1, 0.15) is 5.76 Å². The number of carbonyl (C=O) groups excluding carboxylic acids is 2. The number of hydrogen-bond donors (Lipinski definition) is 2. The van der Waals surface area contributed by atoms with Crippen LogP contribution >= 0.6 is 0 Å². The van der Waals surface area contributed by atoms with Gasteiger partial charge in [-0.05, 0) is 44.8 Å². The van der Waals surface area contributed by atoms with Gasteiger partial charge in [-0.2, -0.15) is 0 Å². The smallest absolute Gasteiger partial charge is 0.251 e. The maximum Gasteiger partial charge on any atom is 0.251 e. The first-order valence-corrected chi connectivity index (χ1v) is 7.79. The Balaban J connectivity index is 1.83. The second-order valence-electron chi connectivity index (χ2n) is 5.80. The Morgan fingerprint density at radius 1 is 1.12 bits per heavy atom. The fraction of sp³-hybridized carbons (Fsp3) is 0.333. The fourth-order valence-corrected chi connectivity index (χ4v) is 2.37. The van der Waals surface area contributed by atoms with Gasteiger partial charge in [-0.25, -0.2) is 0 Å². The van der Waals surface area contributed by atoms with Gasteiger partial charge in [-0.3, -0.25) is 14.5 Å².